The van der Waals surface area contributed by atoms with Gasteiger partial charge in [0.1, 0.15) is 0 Å². The van der Waals surface area contributed by atoms with Gasteiger partial charge in [-0.05, 0) is 56.7 Å². The summed E-state index contributed by atoms with van der Waals surface area (Å²) >= 11 is 0. The standard InChI is InChI=1S/C24H31N3O2/c1-18-10-13-22(14-11-18)26-24(29)27-16-6-7-20(17-27)12-15-23(28)25-19(2)21-8-4-3-5-9-21/h3-5,8-11,13-14,19-20H,6-7,12,15-17H2,1-2H3,(H,25,28)(H,26,29)/t19-,20-/m0/s1. The molecule has 2 aromatic carbocycles. The predicted octanol–water partition coefficient (Wildman–Crippen LogP) is 4.90. The van der Waals surface area contributed by atoms with Crippen LogP contribution in [0.4, 0.5) is 10.5 Å². The highest BCUT2D eigenvalue weighted by molar-refractivity contribution is 5.89. The third-order valence-corrected chi connectivity index (χ3v) is 5.57. The van der Waals surface area contributed by atoms with Gasteiger partial charge in [0.25, 0.3) is 0 Å². The molecular formula is C24H31N3O2. The van der Waals surface area contributed by atoms with E-state index in [0.717, 1.165) is 37.1 Å². The Balaban J connectivity index is 1.43. The van der Waals surface area contributed by atoms with E-state index in [0.29, 0.717) is 18.9 Å². The summed E-state index contributed by atoms with van der Waals surface area (Å²) in [5.41, 5.74) is 3.09. The monoisotopic (exact) mass is 393 g/mol. The Morgan fingerprint density at radius 3 is 2.55 bits per heavy atom. The van der Waals surface area contributed by atoms with Crippen molar-refractivity contribution in [2.45, 2.75) is 45.6 Å². The van der Waals surface area contributed by atoms with Gasteiger partial charge in [0, 0.05) is 25.2 Å². The lowest BCUT2D eigenvalue weighted by Gasteiger charge is -2.32. The third kappa shape index (κ3) is 6.34. The number of benzene rings is 2. The summed E-state index contributed by atoms with van der Waals surface area (Å²) < 4.78 is 0. The maximum atomic E-state index is 12.6. The Hall–Kier alpha value is -2.82. The van der Waals surface area contributed by atoms with E-state index in [1.165, 1.54) is 5.56 Å². The Labute approximate surface area is 173 Å². The van der Waals surface area contributed by atoms with Crippen molar-refractivity contribution < 1.29 is 9.59 Å². The van der Waals surface area contributed by atoms with Crippen LogP contribution in [-0.4, -0.2) is 29.9 Å². The number of urea groups is 1. The van der Waals surface area contributed by atoms with E-state index in [1.807, 2.05) is 73.3 Å². The second-order valence-electron chi connectivity index (χ2n) is 7.99. The summed E-state index contributed by atoms with van der Waals surface area (Å²) in [5.74, 6) is 0.438. The van der Waals surface area contributed by atoms with Crippen molar-refractivity contribution in [1.29, 1.82) is 0 Å². The van der Waals surface area contributed by atoms with Gasteiger partial charge < -0.3 is 15.5 Å². The Morgan fingerprint density at radius 2 is 1.83 bits per heavy atom. The maximum absolute atomic E-state index is 12.6. The first-order valence-electron chi connectivity index (χ1n) is 10.5. The summed E-state index contributed by atoms with van der Waals surface area (Å²) in [4.78, 5) is 26.8. The van der Waals surface area contributed by atoms with Crippen LogP contribution in [0.5, 0.6) is 0 Å². The van der Waals surface area contributed by atoms with Gasteiger partial charge in [-0.15, -0.1) is 0 Å². The molecule has 1 aliphatic rings. The van der Waals surface area contributed by atoms with Gasteiger partial charge in [0.2, 0.25) is 5.91 Å². The van der Waals surface area contributed by atoms with Gasteiger partial charge in [-0.25, -0.2) is 4.79 Å². The zero-order chi connectivity index (χ0) is 20.6. The van der Waals surface area contributed by atoms with Crippen LogP contribution in [0.15, 0.2) is 54.6 Å². The lowest BCUT2D eigenvalue weighted by Crippen LogP contribution is -2.42. The molecule has 1 heterocycles. The molecule has 0 unspecified atom stereocenters. The molecule has 0 aliphatic carbocycles. The van der Waals surface area contributed by atoms with E-state index in [2.05, 4.69) is 10.6 Å². The number of hydrogen-bond donors (Lipinski definition) is 2. The van der Waals surface area contributed by atoms with E-state index in [4.69, 9.17) is 0 Å². The van der Waals surface area contributed by atoms with Crippen LogP contribution < -0.4 is 10.6 Å². The summed E-state index contributed by atoms with van der Waals surface area (Å²) in [6, 6.07) is 17.8. The second-order valence-corrected chi connectivity index (χ2v) is 7.99. The molecule has 3 amide bonds. The van der Waals surface area contributed by atoms with Gasteiger partial charge in [-0.3, -0.25) is 4.79 Å². The van der Waals surface area contributed by atoms with Crippen LogP contribution in [-0.2, 0) is 4.79 Å². The molecular weight excluding hydrogens is 362 g/mol. The van der Waals surface area contributed by atoms with E-state index in [-0.39, 0.29) is 18.0 Å². The highest BCUT2D eigenvalue weighted by Crippen LogP contribution is 2.22. The average Bonchev–Trinajstić information content (AvgIpc) is 2.74. The summed E-state index contributed by atoms with van der Waals surface area (Å²) in [6.07, 6.45) is 3.35. The van der Waals surface area contributed by atoms with Crippen molar-refractivity contribution in [3.63, 3.8) is 0 Å². The number of piperidine rings is 1. The van der Waals surface area contributed by atoms with E-state index in [1.54, 1.807) is 0 Å². The van der Waals surface area contributed by atoms with Crippen LogP contribution in [0.1, 0.15) is 49.8 Å². The first kappa shape index (κ1) is 20.9. The normalized spacial score (nSPS) is 17.4. The molecule has 0 aromatic heterocycles. The summed E-state index contributed by atoms with van der Waals surface area (Å²) in [7, 11) is 0. The second kappa shape index (κ2) is 10.1. The van der Waals surface area contributed by atoms with Crippen LogP contribution in [0, 0.1) is 12.8 Å². The molecule has 1 fully saturated rings. The van der Waals surface area contributed by atoms with Crippen molar-refractivity contribution in [3.05, 3.63) is 65.7 Å². The smallest absolute Gasteiger partial charge is 0.321 e. The van der Waals surface area contributed by atoms with Crippen molar-refractivity contribution in [3.8, 4) is 0 Å². The number of carbonyl (C=O) groups is 2. The Morgan fingerprint density at radius 1 is 1.10 bits per heavy atom. The molecule has 0 saturated carbocycles. The van der Waals surface area contributed by atoms with Gasteiger partial charge in [0.15, 0.2) is 0 Å². The average molecular weight is 394 g/mol. The number of nitrogens with zero attached hydrogens (tertiary/aromatic N) is 1. The minimum atomic E-state index is -0.0549. The number of nitrogens with one attached hydrogen (secondary N) is 2. The fourth-order valence-electron chi connectivity index (χ4n) is 3.80. The number of anilines is 1. The lowest BCUT2D eigenvalue weighted by molar-refractivity contribution is -0.122. The molecule has 5 heteroatoms. The fourth-order valence-corrected chi connectivity index (χ4v) is 3.80. The fraction of sp³-hybridized carbons (Fsp3) is 0.417. The van der Waals surface area contributed by atoms with Crippen molar-refractivity contribution in [2.24, 2.45) is 5.92 Å². The van der Waals surface area contributed by atoms with E-state index < -0.39 is 0 Å². The number of carbonyl (C=O) groups excluding carboxylic acids is 2. The van der Waals surface area contributed by atoms with Crippen LogP contribution >= 0.6 is 0 Å². The van der Waals surface area contributed by atoms with Gasteiger partial charge in [-0.2, -0.15) is 0 Å². The zero-order valence-corrected chi connectivity index (χ0v) is 17.4. The van der Waals surface area contributed by atoms with Gasteiger partial charge >= 0.3 is 6.03 Å². The number of hydrogen-bond acceptors (Lipinski definition) is 2. The molecule has 3 rings (SSSR count). The topological polar surface area (TPSA) is 61.4 Å². The molecule has 1 saturated heterocycles. The summed E-state index contributed by atoms with van der Waals surface area (Å²) in [5, 5.41) is 6.05. The lowest BCUT2D eigenvalue weighted by atomic mass is 9.93. The minimum absolute atomic E-state index is 0.00633. The first-order valence-corrected chi connectivity index (χ1v) is 10.5. The number of aryl methyl sites for hydroxylation is 1. The quantitative estimate of drug-likeness (QED) is 0.733. The Kier molecular flexibility index (Phi) is 7.28. The predicted molar refractivity (Wildman–Crippen MR) is 117 cm³/mol. The molecule has 29 heavy (non-hydrogen) atoms. The summed E-state index contributed by atoms with van der Waals surface area (Å²) in [6.45, 7) is 5.51. The highest BCUT2D eigenvalue weighted by Gasteiger charge is 2.24. The van der Waals surface area contributed by atoms with Crippen LogP contribution in [0.2, 0.25) is 0 Å². The minimum Gasteiger partial charge on any atom is -0.350 e. The van der Waals surface area contributed by atoms with E-state index >= 15 is 0 Å². The number of amides is 3. The molecule has 2 atom stereocenters. The van der Waals surface area contributed by atoms with Gasteiger partial charge in [0.05, 0.1) is 6.04 Å². The highest BCUT2D eigenvalue weighted by atomic mass is 16.2. The van der Waals surface area contributed by atoms with Crippen molar-refractivity contribution in [2.75, 3.05) is 18.4 Å². The molecule has 0 bridgehead atoms. The third-order valence-electron chi connectivity index (χ3n) is 5.57. The number of likely N-dealkylation sites (tertiary alicyclic amines) is 1. The molecule has 154 valence electrons. The van der Waals surface area contributed by atoms with Crippen molar-refractivity contribution >= 4 is 17.6 Å². The zero-order valence-electron chi connectivity index (χ0n) is 17.4. The largest absolute Gasteiger partial charge is 0.350 e. The molecule has 0 radical (unpaired) electrons. The SMILES string of the molecule is Cc1ccc(NC(=O)N2CCC[C@@H](CCC(=O)N[C@@H](C)c3ccccc3)C2)cc1. The first-order chi connectivity index (χ1) is 14.0. The molecule has 2 aromatic rings. The van der Waals surface area contributed by atoms with Crippen LogP contribution in [0.25, 0.3) is 0 Å². The van der Waals surface area contributed by atoms with Crippen molar-refractivity contribution in [1.82, 2.24) is 10.2 Å². The maximum Gasteiger partial charge on any atom is 0.321 e. The molecule has 2 N–H and O–H groups in total. The molecule has 5 nitrogen and oxygen atoms in total. The van der Waals surface area contributed by atoms with Crippen LogP contribution in [0.3, 0.4) is 0 Å². The Bertz CT molecular complexity index is 805. The molecule has 0 spiro atoms. The molecule has 1 aliphatic heterocycles. The number of rotatable bonds is 6. The van der Waals surface area contributed by atoms with E-state index in [9.17, 15) is 9.59 Å². The van der Waals surface area contributed by atoms with Gasteiger partial charge in [-0.1, -0.05) is 48.0 Å².